The third-order valence-corrected chi connectivity index (χ3v) is 7.01. The van der Waals surface area contributed by atoms with Gasteiger partial charge in [0, 0.05) is 26.2 Å². The number of aromatic nitrogens is 3. The summed E-state index contributed by atoms with van der Waals surface area (Å²) in [4.78, 5) is 29.9. The molecule has 0 amide bonds. The number of nitrogens with zero attached hydrogens (tertiary/aromatic N) is 4. The zero-order valence-electron chi connectivity index (χ0n) is 17.8. The molecule has 2 aromatic carbocycles. The van der Waals surface area contributed by atoms with Gasteiger partial charge in [-0.25, -0.2) is 17.7 Å². The Morgan fingerprint density at radius 3 is 2.31 bits per heavy atom. The molecule has 32 heavy (non-hydrogen) atoms. The van der Waals surface area contributed by atoms with Crippen LogP contribution in [0.2, 0.25) is 0 Å². The summed E-state index contributed by atoms with van der Waals surface area (Å²) < 4.78 is 34.7. The van der Waals surface area contributed by atoms with E-state index in [4.69, 9.17) is 4.42 Å². The number of benzene rings is 2. The molecule has 0 radical (unpaired) electrons. The molecule has 0 unspecified atom stereocenters. The Kier molecular flexibility index (Phi) is 5.57. The smallest absolute Gasteiger partial charge is 0.317 e. The minimum absolute atomic E-state index is 0.0156. The maximum Gasteiger partial charge on any atom is 0.317 e. The molecule has 2 aromatic heterocycles. The fourth-order valence-corrected chi connectivity index (χ4v) is 4.42. The van der Waals surface area contributed by atoms with Crippen LogP contribution in [0.5, 0.6) is 0 Å². The zero-order valence-corrected chi connectivity index (χ0v) is 18.7. The normalized spacial score (nSPS) is 12.0. The van der Waals surface area contributed by atoms with E-state index < -0.39 is 21.1 Å². The van der Waals surface area contributed by atoms with Gasteiger partial charge in [0.05, 0.1) is 22.1 Å². The van der Waals surface area contributed by atoms with Crippen LogP contribution >= 0.6 is 0 Å². The zero-order chi connectivity index (χ0) is 23.0. The van der Waals surface area contributed by atoms with Crippen molar-refractivity contribution in [2.45, 2.75) is 24.9 Å². The number of hydrogen-bond acceptors (Lipinski definition) is 6. The SMILES string of the molecule is CCn1c(=O)c(=O)n(Cc2ncc(-c3ccccc3)o2)c2cc(S(=O)(=O)N(C)C)ccc21. The van der Waals surface area contributed by atoms with Gasteiger partial charge in [-0.1, -0.05) is 30.3 Å². The van der Waals surface area contributed by atoms with E-state index in [9.17, 15) is 18.0 Å². The van der Waals surface area contributed by atoms with Crippen LogP contribution < -0.4 is 11.1 Å². The third kappa shape index (κ3) is 3.67. The first-order valence-corrected chi connectivity index (χ1v) is 11.4. The molecule has 10 heteroatoms. The van der Waals surface area contributed by atoms with Crippen molar-refractivity contribution in [2.75, 3.05) is 14.1 Å². The number of fused-ring (bicyclic) bond motifs is 1. The molecule has 0 N–H and O–H groups in total. The van der Waals surface area contributed by atoms with Crippen LogP contribution in [0.1, 0.15) is 12.8 Å². The molecular weight excluding hydrogens is 432 g/mol. The predicted molar refractivity (Wildman–Crippen MR) is 120 cm³/mol. The maximum atomic E-state index is 12.9. The van der Waals surface area contributed by atoms with E-state index in [-0.39, 0.29) is 23.9 Å². The highest BCUT2D eigenvalue weighted by molar-refractivity contribution is 7.89. The van der Waals surface area contributed by atoms with Gasteiger partial charge in [0.25, 0.3) is 0 Å². The molecule has 0 saturated carbocycles. The summed E-state index contributed by atoms with van der Waals surface area (Å²) in [5, 5.41) is 0. The molecule has 0 bridgehead atoms. The summed E-state index contributed by atoms with van der Waals surface area (Å²) in [6.45, 7) is 1.89. The lowest BCUT2D eigenvalue weighted by Crippen LogP contribution is -2.41. The van der Waals surface area contributed by atoms with E-state index in [2.05, 4.69) is 4.98 Å². The average Bonchev–Trinajstić information content (AvgIpc) is 3.26. The van der Waals surface area contributed by atoms with Crippen LogP contribution in [-0.2, 0) is 23.1 Å². The average molecular weight is 455 g/mol. The summed E-state index contributed by atoms with van der Waals surface area (Å²) in [5.41, 5.74) is 0.101. The van der Waals surface area contributed by atoms with Gasteiger partial charge in [-0.05, 0) is 25.1 Å². The predicted octanol–water partition coefficient (Wildman–Crippen LogP) is 2.14. The molecule has 166 valence electrons. The van der Waals surface area contributed by atoms with Crippen molar-refractivity contribution in [3.63, 3.8) is 0 Å². The van der Waals surface area contributed by atoms with E-state index in [0.717, 1.165) is 9.87 Å². The Morgan fingerprint density at radius 1 is 0.969 bits per heavy atom. The molecular formula is C22H22N4O5S. The number of sulfonamides is 1. The van der Waals surface area contributed by atoms with Gasteiger partial charge in [-0.2, -0.15) is 0 Å². The lowest BCUT2D eigenvalue weighted by atomic mass is 10.2. The van der Waals surface area contributed by atoms with Crippen LogP contribution in [-0.4, -0.2) is 40.9 Å². The molecule has 9 nitrogen and oxygen atoms in total. The Labute approximate surface area is 184 Å². The number of hydrogen-bond donors (Lipinski definition) is 0. The van der Waals surface area contributed by atoms with E-state index in [1.165, 1.54) is 41.4 Å². The van der Waals surface area contributed by atoms with Crippen LogP contribution in [0.4, 0.5) is 0 Å². The highest BCUT2D eigenvalue weighted by Crippen LogP contribution is 2.22. The molecule has 0 aliphatic heterocycles. The number of rotatable bonds is 6. The second-order valence-electron chi connectivity index (χ2n) is 7.36. The Bertz CT molecular complexity index is 1520. The Morgan fingerprint density at radius 2 is 1.66 bits per heavy atom. The van der Waals surface area contributed by atoms with Crippen molar-refractivity contribution < 1.29 is 12.8 Å². The molecule has 0 aliphatic carbocycles. The largest absolute Gasteiger partial charge is 0.439 e. The molecule has 4 aromatic rings. The highest BCUT2D eigenvalue weighted by Gasteiger charge is 2.21. The van der Waals surface area contributed by atoms with Gasteiger partial charge in [0.1, 0.15) is 6.54 Å². The molecule has 0 fully saturated rings. The van der Waals surface area contributed by atoms with Crippen LogP contribution in [0.3, 0.4) is 0 Å². The lowest BCUT2D eigenvalue weighted by Gasteiger charge is -2.16. The number of aryl methyl sites for hydroxylation is 1. The summed E-state index contributed by atoms with van der Waals surface area (Å²) in [5.74, 6) is 0.748. The monoisotopic (exact) mass is 454 g/mol. The summed E-state index contributed by atoms with van der Waals surface area (Å²) >= 11 is 0. The molecule has 0 atom stereocenters. The molecule has 0 aliphatic rings. The molecule has 2 heterocycles. The fourth-order valence-electron chi connectivity index (χ4n) is 3.49. The van der Waals surface area contributed by atoms with Gasteiger partial charge in [0.15, 0.2) is 5.76 Å². The minimum atomic E-state index is -3.74. The first-order valence-electron chi connectivity index (χ1n) is 9.94. The van der Waals surface area contributed by atoms with Crippen LogP contribution in [0, 0.1) is 0 Å². The van der Waals surface area contributed by atoms with Gasteiger partial charge >= 0.3 is 11.1 Å². The van der Waals surface area contributed by atoms with Crippen molar-refractivity contribution in [3.8, 4) is 11.3 Å². The van der Waals surface area contributed by atoms with Gasteiger partial charge in [-0.3, -0.25) is 14.2 Å². The third-order valence-electron chi connectivity index (χ3n) is 5.20. The quantitative estimate of drug-likeness (QED) is 0.413. The molecule has 0 saturated heterocycles. The second kappa shape index (κ2) is 8.21. The van der Waals surface area contributed by atoms with Crippen molar-refractivity contribution >= 4 is 21.1 Å². The molecule has 4 rings (SSSR count). The number of oxazole rings is 1. The maximum absolute atomic E-state index is 12.9. The van der Waals surface area contributed by atoms with Gasteiger partial charge < -0.3 is 8.98 Å². The van der Waals surface area contributed by atoms with Crippen molar-refractivity contribution in [1.82, 2.24) is 18.4 Å². The van der Waals surface area contributed by atoms with Crippen molar-refractivity contribution in [3.05, 3.63) is 81.3 Å². The van der Waals surface area contributed by atoms with Crippen LogP contribution in [0.15, 0.2) is 73.6 Å². The lowest BCUT2D eigenvalue weighted by molar-refractivity contribution is 0.486. The Hall–Kier alpha value is -3.50. The highest BCUT2D eigenvalue weighted by atomic mass is 32.2. The summed E-state index contributed by atoms with van der Waals surface area (Å²) in [6.07, 6.45) is 1.55. The van der Waals surface area contributed by atoms with Crippen molar-refractivity contribution in [1.29, 1.82) is 0 Å². The topological polar surface area (TPSA) is 107 Å². The van der Waals surface area contributed by atoms with E-state index in [1.807, 2.05) is 30.3 Å². The summed E-state index contributed by atoms with van der Waals surface area (Å²) in [7, 11) is -0.885. The van der Waals surface area contributed by atoms with Crippen molar-refractivity contribution in [2.24, 2.45) is 0 Å². The first kappa shape index (κ1) is 21.7. The molecule has 0 spiro atoms. The minimum Gasteiger partial charge on any atom is -0.439 e. The second-order valence-corrected chi connectivity index (χ2v) is 9.51. The van der Waals surface area contributed by atoms with E-state index in [0.29, 0.717) is 16.8 Å². The summed E-state index contributed by atoms with van der Waals surface area (Å²) in [6, 6.07) is 13.7. The fraction of sp³-hybridized carbons (Fsp3) is 0.227. The van der Waals surface area contributed by atoms with E-state index in [1.54, 1.807) is 13.1 Å². The standard InChI is InChI=1S/C22H22N4O5S/c1-4-25-17-11-10-16(32(29,30)24(2)3)12-18(17)26(22(28)21(25)27)14-20-23-13-19(31-20)15-8-6-5-7-9-15/h5-13H,4,14H2,1-3H3. The van der Waals surface area contributed by atoms with E-state index >= 15 is 0 Å². The van der Waals surface area contributed by atoms with Crippen LogP contribution in [0.25, 0.3) is 22.4 Å². The van der Waals surface area contributed by atoms with Gasteiger partial charge in [-0.15, -0.1) is 0 Å². The Balaban J connectivity index is 1.90. The first-order chi connectivity index (χ1) is 15.2. The van der Waals surface area contributed by atoms with Gasteiger partial charge in [0.2, 0.25) is 15.9 Å².